The van der Waals surface area contributed by atoms with Crippen LogP contribution in [0, 0.1) is 20.8 Å². The van der Waals surface area contributed by atoms with Crippen LogP contribution in [0.1, 0.15) is 40.4 Å². The van der Waals surface area contributed by atoms with Crippen LogP contribution in [0.5, 0.6) is 5.75 Å². The van der Waals surface area contributed by atoms with Crippen molar-refractivity contribution < 1.29 is 19.1 Å². The standard InChI is InChI=1S/C21H21NO6/c1-10-5-11(2)19-13(6-10)8-15(20(25)22-19)14(9-17(24)27-4)18-16(23)7-12(3)28-21(18)26/h5-8,14,23H,9H2,1-4H3,(H,22,25). The van der Waals surface area contributed by atoms with Crippen LogP contribution in [-0.4, -0.2) is 23.2 Å². The number of carbonyl (C=O) groups excluding carboxylic acids is 1. The summed E-state index contributed by atoms with van der Waals surface area (Å²) < 4.78 is 9.82. The lowest BCUT2D eigenvalue weighted by Crippen LogP contribution is -2.24. The van der Waals surface area contributed by atoms with Gasteiger partial charge in [-0.3, -0.25) is 9.59 Å². The molecule has 28 heavy (non-hydrogen) atoms. The van der Waals surface area contributed by atoms with Crippen molar-refractivity contribution in [1.82, 2.24) is 4.98 Å². The van der Waals surface area contributed by atoms with Crippen molar-refractivity contribution in [2.75, 3.05) is 7.11 Å². The quantitative estimate of drug-likeness (QED) is 0.671. The Morgan fingerprint density at radius 1 is 1.18 bits per heavy atom. The summed E-state index contributed by atoms with van der Waals surface area (Å²) in [6, 6.07) is 6.77. The fraction of sp³-hybridized carbons (Fsp3) is 0.286. The second kappa shape index (κ2) is 7.34. The highest BCUT2D eigenvalue weighted by molar-refractivity contribution is 5.83. The number of carbonyl (C=O) groups is 1. The largest absolute Gasteiger partial charge is 0.507 e. The minimum Gasteiger partial charge on any atom is -0.507 e. The van der Waals surface area contributed by atoms with Gasteiger partial charge in [0.2, 0.25) is 0 Å². The number of pyridine rings is 1. The monoisotopic (exact) mass is 383 g/mol. The van der Waals surface area contributed by atoms with Gasteiger partial charge in [0.1, 0.15) is 11.5 Å². The first-order valence-corrected chi connectivity index (χ1v) is 8.76. The molecule has 7 nitrogen and oxygen atoms in total. The lowest BCUT2D eigenvalue weighted by molar-refractivity contribution is -0.140. The molecule has 0 spiro atoms. The number of esters is 1. The number of aryl methyl sites for hydroxylation is 3. The molecule has 1 unspecified atom stereocenters. The molecule has 3 rings (SSSR count). The summed E-state index contributed by atoms with van der Waals surface area (Å²) in [6.07, 6.45) is -0.294. The molecular formula is C21H21NO6. The van der Waals surface area contributed by atoms with E-state index < -0.39 is 23.1 Å². The maximum absolute atomic E-state index is 12.8. The third-order valence-corrected chi connectivity index (χ3v) is 4.73. The van der Waals surface area contributed by atoms with Crippen LogP contribution < -0.4 is 11.2 Å². The molecule has 0 saturated carbocycles. The predicted octanol–water partition coefficient (Wildman–Crippen LogP) is 2.81. The van der Waals surface area contributed by atoms with Crippen LogP contribution in [0.2, 0.25) is 0 Å². The Balaban J connectivity index is 2.30. The van der Waals surface area contributed by atoms with Gasteiger partial charge in [-0.05, 0) is 43.9 Å². The number of H-pyrrole nitrogens is 1. The highest BCUT2D eigenvalue weighted by Gasteiger charge is 2.28. The normalized spacial score (nSPS) is 12.1. The van der Waals surface area contributed by atoms with Crippen LogP contribution in [0.25, 0.3) is 10.9 Å². The van der Waals surface area contributed by atoms with Crippen molar-refractivity contribution in [2.24, 2.45) is 0 Å². The van der Waals surface area contributed by atoms with Crippen LogP contribution in [0.3, 0.4) is 0 Å². The van der Waals surface area contributed by atoms with Gasteiger partial charge < -0.3 is 19.2 Å². The molecule has 0 saturated heterocycles. The van der Waals surface area contributed by atoms with Gasteiger partial charge in [-0.25, -0.2) is 4.79 Å². The van der Waals surface area contributed by atoms with Gasteiger partial charge in [-0.2, -0.15) is 0 Å². The molecule has 0 aliphatic rings. The average molecular weight is 383 g/mol. The molecule has 7 heteroatoms. The van der Waals surface area contributed by atoms with E-state index in [4.69, 9.17) is 9.15 Å². The van der Waals surface area contributed by atoms with E-state index in [1.165, 1.54) is 20.1 Å². The number of methoxy groups -OCH3 is 1. The average Bonchev–Trinajstić information content (AvgIpc) is 2.60. The number of nitrogens with one attached hydrogen (secondary N) is 1. The molecule has 0 aliphatic carbocycles. The fourth-order valence-corrected chi connectivity index (χ4v) is 3.51. The third-order valence-electron chi connectivity index (χ3n) is 4.73. The molecule has 0 bridgehead atoms. The summed E-state index contributed by atoms with van der Waals surface area (Å²) in [7, 11) is 1.22. The predicted molar refractivity (Wildman–Crippen MR) is 104 cm³/mol. The molecular weight excluding hydrogens is 362 g/mol. The smallest absolute Gasteiger partial charge is 0.343 e. The Morgan fingerprint density at radius 3 is 2.54 bits per heavy atom. The molecule has 1 aromatic carbocycles. The van der Waals surface area contributed by atoms with Crippen molar-refractivity contribution in [3.8, 4) is 5.75 Å². The maximum Gasteiger partial charge on any atom is 0.343 e. The van der Waals surface area contributed by atoms with Crippen molar-refractivity contribution in [1.29, 1.82) is 0 Å². The molecule has 2 aromatic heterocycles. The minimum atomic E-state index is -1.02. The Labute approximate surface area is 160 Å². The highest BCUT2D eigenvalue weighted by atomic mass is 16.5. The molecule has 0 radical (unpaired) electrons. The van der Waals surface area contributed by atoms with Crippen LogP contribution in [0.4, 0.5) is 0 Å². The third kappa shape index (κ3) is 3.55. The minimum absolute atomic E-state index is 0.148. The molecule has 3 aromatic rings. The van der Waals surface area contributed by atoms with E-state index in [-0.39, 0.29) is 29.1 Å². The Morgan fingerprint density at radius 2 is 1.89 bits per heavy atom. The number of hydrogen-bond acceptors (Lipinski definition) is 6. The SMILES string of the molecule is COC(=O)CC(c1cc2cc(C)cc(C)c2[nH]c1=O)c1c(O)cc(C)oc1=O. The van der Waals surface area contributed by atoms with E-state index in [9.17, 15) is 19.5 Å². The molecule has 146 valence electrons. The van der Waals surface area contributed by atoms with Gasteiger partial charge >= 0.3 is 11.6 Å². The number of aromatic nitrogens is 1. The van der Waals surface area contributed by atoms with Gasteiger partial charge in [0, 0.05) is 17.5 Å². The second-order valence-electron chi connectivity index (χ2n) is 6.88. The van der Waals surface area contributed by atoms with Crippen molar-refractivity contribution in [2.45, 2.75) is 33.1 Å². The van der Waals surface area contributed by atoms with E-state index in [0.717, 1.165) is 16.5 Å². The summed E-state index contributed by atoms with van der Waals surface area (Å²) in [5.74, 6) is -1.74. The number of benzene rings is 1. The van der Waals surface area contributed by atoms with Crippen LogP contribution in [0.15, 0.2) is 38.3 Å². The summed E-state index contributed by atoms with van der Waals surface area (Å²) in [4.78, 5) is 40.1. The first-order valence-electron chi connectivity index (χ1n) is 8.76. The molecule has 0 aliphatic heterocycles. The zero-order valence-electron chi connectivity index (χ0n) is 16.1. The van der Waals surface area contributed by atoms with Gasteiger partial charge in [0.05, 0.1) is 24.6 Å². The Bertz CT molecular complexity index is 1190. The molecule has 0 fully saturated rings. The number of ether oxygens (including phenoxy) is 1. The van der Waals surface area contributed by atoms with E-state index in [2.05, 4.69) is 4.98 Å². The number of rotatable bonds is 4. The van der Waals surface area contributed by atoms with E-state index in [1.54, 1.807) is 6.07 Å². The zero-order valence-corrected chi connectivity index (χ0v) is 16.1. The van der Waals surface area contributed by atoms with E-state index in [1.807, 2.05) is 26.0 Å². The zero-order chi connectivity index (χ0) is 20.6. The van der Waals surface area contributed by atoms with Crippen molar-refractivity contribution in [3.05, 3.63) is 73.1 Å². The van der Waals surface area contributed by atoms with Gasteiger partial charge in [0.25, 0.3) is 5.56 Å². The number of aromatic amines is 1. The van der Waals surface area contributed by atoms with E-state index >= 15 is 0 Å². The summed E-state index contributed by atoms with van der Waals surface area (Å²) >= 11 is 0. The molecule has 2 N–H and O–H groups in total. The van der Waals surface area contributed by atoms with Gasteiger partial charge in [0.15, 0.2) is 0 Å². The van der Waals surface area contributed by atoms with Crippen LogP contribution in [-0.2, 0) is 9.53 Å². The van der Waals surface area contributed by atoms with Crippen molar-refractivity contribution >= 4 is 16.9 Å². The lowest BCUT2D eigenvalue weighted by Gasteiger charge is -2.17. The Hall–Kier alpha value is -3.35. The molecule has 0 amide bonds. The second-order valence-corrected chi connectivity index (χ2v) is 6.88. The number of fused-ring (bicyclic) bond motifs is 1. The molecule has 2 heterocycles. The first kappa shape index (κ1) is 19.4. The number of aromatic hydroxyl groups is 1. The Kier molecular flexibility index (Phi) is 5.09. The molecule has 1 atom stereocenters. The lowest BCUT2D eigenvalue weighted by atomic mass is 9.88. The van der Waals surface area contributed by atoms with Crippen LogP contribution >= 0.6 is 0 Å². The topological polar surface area (TPSA) is 110 Å². The van der Waals surface area contributed by atoms with E-state index in [0.29, 0.717) is 5.52 Å². The van der Waals surface area contributed by atoms with Gasteiger partial charge in [-0.1, -0.05) is 11.6 Å². The summed E-state index contributed by atoms with van der Waals surface area (Å²) in [6.45, 7) is 5.34. The van der Waals surface area contributed by atoms with Gasteiger partial charge in [-0.15, -0.1) is 0 Å². The highest BCUT2D eigenvalue weighted by Crippen LogP contribution is 2.32. The first-order chi connectivity index (χ1) is 13.2. The maximum atomic E-state index is 12.8. The van der Waals surface area contributed by atoms with Crippen molar-refractivity contribution in [3.63, 3.8) is 0 Å². The number of hydrogen-bond donors (Lipinski definition) is 2. The summed E-state index contributed by atoms with van der Waals surface area (Å²) in [5, 5.41) is 11.1. The summed E-state index contributed by atoms with van der Waals surface area (Å²) in [5.41, 5.74) is 1.36. The fourth-order valence-electron chi connectivity index (χ4n) is 3.51.